The smallest absolute Gasteiger partial charge is 0.0723 e. The molecule has 0 N–H and O–H groups in total. The van der Waals surface area contributed by atoms with Crippen LogP contribution in [0.4, 0.5) is 0 Å². The van der Waals surface area contributed by atoms with Crippen molar-refractivity contribution in [3.05, 3.63) is 35.9 Å². The number of rotatable bonds is 5. The van der Waals surface area contributed by atoms with E-state index >= 15 is 0 Å². The van der Waals surface area contributed by atoms with Crippen LogP contribution in [0.15, 0.2) is 30.3 Å². The maximum atomic E-state index is 5.74. The fourth-order valence-electron chi connectivity index (χ4n) is 1.13. The number of benzene rings is 1. The highest BCUT2D eigenvalue weighted by molar-refractivity contribution is 9.09. The molecule has 78 valence electrons. The molecule has 1 nitrogen and oxygen atoms in total. The van der Waals surface area contributed by atoms with Crippen molar-refractivity contribution in [3.8, 4) is 0 Å². The fraction of sp³-hybridized carbons (Fsp3) is 0.500. The molecule has 0 spiro atoms. The zero-order valence-electron chi connectivity index (χ0n) is 8.79. The predicted molar refractivity (Wildman–Crippen MR) is 64.0 cm³/mol. The molecule has 1 aromatic rings. The summed E-state index contributed by atoms with van der Waals surface area (Å²) in [6, 6.07) is 10.4. The number of alkyl halides is 1. The van der Waals surface area contributed by atoms with Crippen LogP contribution in [0.2, 0.25) is 0 Å². The van der Waals surface area contributed by atoms with Crippen LogP contribution in [-0.4, -0.2) is 17.5 Å². The molecule has 0 aliphatic carbocycles. The summed E-state index contributed by atoms with van der Waals surface area (Å²) in [5.41, 5.74) is 1.27. The molecule has 2 heteroatoms. The first-order valence-electron chi connectivity index (χ1n) is 4.88. The summed E-state index contributed by atoms with van der Waals surface area (Å²) in [7, 11) is 0. The Morgan fingerprint density at radius 3 is 2.43 bits per heavy atom. The monoisotopic (exact) mass is 256 g/mol. The zero-order valence-corrected chi connectivity index (χ0v) is 10.4. The third-order valence-electron chi connectivity index (χ3n) is 2.05. The van der Waals surface area contributed by atoms with Crippen LogP contribution in [0.25, 0.3) is 0 Å². The Bertz CT molecular complexity index is 256. The summed E-state index contributed by atoms with van der Waals surface area (Å²) in [4.78, 5) is 0. The molecule has 0 saturated heterocycles. The van der Waals surface area contributed by atoms with E-state index < -0.39 is 0 Å². The number of halogens is 1. The normalized spacial score (nSPS) is 11.6. The van der Waals surface area contributed by atoms with E-state index in [1.165, 1.54) is 5.56 Å². The van der Waals surface area contributed by atoms with Gasteiger partial charge in [-0.3, -0.25) is 0 Å². The van der Waals surface area contributed by atoms with Crippen molar-refractivity contribution in [2.24, 2.45) is 0 Å². The quantitative estimate of drug-likeness (QED) is 0.734. The standard InChI is InChI=1S/C12H17BrO/c1-12(2,10-13)14-9-8-11-6-4-3-5-7-11/h3-7H,8-10H2,1-2H3. The van der Waals surface area contributed by atoms with Crippen LogP contribution in [-0.2, 0) is 11.2 Å². The minimum absolute atomic E-state index is 0.0607. The topological polar surface area (TPSA) is 9.23 Å². The first-order valence-corrected chi connectivity index (χ1v) is 6.00. The minimum atomic E-state index is -0.0607. The van der Waals surface area contributed by atoms with Gasteiger partial charge in [-0.15, -0.1) is 0 Å². The second kappa shape index (κ2) is 5.52. The lowest BCUT2D eigenvalue weighted by Gasteiger charge is -2.22. The third kappa shape index (κ3) is 4.25. The Morgan fingerprint density at radius 2 is 1.86 bits per heavy atom. The van der Waals surface area contributed by atoms with Crippen molar-refractivity contribution in [3.63, 3.8) is 0 Å². The van der Waals surface area contributed by atoms with E-state index in [0.29, 0.717) is 0 Å². The Kier molecular flexibility index (Phi) is 4.63. The van der Waals surface area contributed by atoms with Crippen molar-refractivity contribution in [1.82, 2.24) is 0 Å². The van der Waals surface area contributed by atoms with Crippen molar-refractivity contribution >= 4 is 15.9 Å². The van der Waals surface area contributed by atoms with Crippen molar-refractivity contribution in [1.29, 1.82) is 0 Å². The molecular formula is C12H17BrO. The van der Waals surface area contributed by atoms with E-state index in [1.54, 1.807) is 0 Å². The van der Waals surface area contributed by atoms with Gasteiger partial charge in [-0.1, -0.05) is 46.3 Å². The summed E-state index contributed by atoms with van der Waals surface area (Å²) >= 11 is 3.43. The second-order valence-electron chi connectivity index (χ2n) is 3.98. The Labute approximate surface area is 94.6 Å². The molecule has 0 atom stereocenters. The van der Waals surface area contributed by atoms with Gasteiger partial charge in [0.05, 0.1) is 12.2 Å². The maximum Gasteiger partial charge on any atom is 0.0723 e. The SMILES string of the molecule is CC(C)(CBr)OCCc1ccccc1. The van der Waals surface area contributed by atoms with E-state index in [0.717, 1.165) is 18.4 Å². The van der Waals surface area contributed by atoms with E-state index in [9.17, 15) is 0 Å². The number of ether oxygens (including phenoxy) is 1. The lowest BCUT2D eigenvalue weighted by atomic mass is 10.1. The first-order chi connectivity index (χ1) is 6.64. The number of hydrogen-bond donors (Lipinski definition) is 0. The fourth-order valence-corrected chi connectivity index (χ4v) is 1.29. The third-order valence-corrected chi connectivity index (χ3v) is 3.40. The molecule has 0 bridgehead atoms. The second-order valence-corrected chi connectivity index (χ2v) is 4.54. The van der Waals surface area contributed by atoms with Gasteiger partial charge in [0.25, 0.3) is 0 Å². The largest absolute Gasteiger partial charge is 0.374 e. The van der Waals surface area contributed by atoms with Crippen molar-refractivity contribution in [2.45, 2.75) is 25.9 Å². The maximum absolute atomic E-state index is 5.74. The summed E-state index contributed by atoms with van der Waals surface area (Å²) < 4.78 is 5.74. The Hall–Kier alpha value is -0.340. The Morgan fingerprint density at radius 1 is 1.21 bits per heavy atom. The van der Waals surface area contributed by atoms with E-state index in [2.05, 4.69) is 54.0 Å². The lowest BCUT2D eigenvalue weighted by Crippen LogP contribution is -2.27. The number of hydrogen-bond acceptors (Lipinski definition) is 1. The molecule has 14 heavy (non-hydrogen) atoms. The summed E-state index contributed by atoms with van der Waals surface area (Å²) in [6.07, 6.45) is 0.983. The molecule has 0 unspecified atom stereocenters. The Balaban J connectivity index is 2.29. The van der Waals surface area contributed by atoms with Gasteiger partial charge in [0.2, 0.25) is 0 Å². The van der Waals surface area contributed by atoms with Gasteiger partial charge in [-0.2, -0.15) is 0 Å². The molecule has 0 amide bonds. The molecule has 0 aliphatic heterocycles. The summed E-state index contributed by atoms with van der Waals surface area (Å²) in [6.45, 7) is 4.96. The first kappa shape index (κ1) is 11.7. The van der Waals surface area contributed by atoms with Gasteiger partial charge < -0.3 is 4.74 Å². The van der Waals surface area contributed by atoms with Gasteiger partial charge in [0.15, 0.2) is 0 Å². The highest BCUT2D eigenvalue weighted by Gasteiger charge is 2.15. The van der Waals surface area contributed by atoms with Crippen LogP contribution in [0.5, 0.6) is 0 Å². The van der Waals surface area contributed by atoms with E-state index in [4.69, 9.17) is 4.74 Å². The predicted octanol–water partition coefficient (Wildman–Crippen LogP) is 3.42. The van der Waals surface area contributed by atoms with Crippen LogP contribution in [0, 0.1) is 0 Å². The molecule has 0 aliphatic rings. The van der Waals surface area contributed by atoms with Crippen LogP contribution < -0.4 is 0 Å². The van der Waals surface area contributed by atoms with Crippen LogP contribution >= 0.6 is 15.9 Å². The van der Waals surface area contributed by atoms with E-state index in [1.807, 2.05) is 6.07 Å². The van der Waals surface area contributed by atoms with Gasteiger partial charge in [0, 0.05) is 5.33 Å². The molecule has 1 rings (SSSR count). The summed E-state index contributed by atoms with van der Waals surface area (Å²) in [5, 5.41) is 0.870. The average Bonchev–Trinajstić information content (AvgIpc) is 2.19. The molecule has 0 aromatic heterocycles. The average molecular weight is 257 g/mol. The molecule has 0 fully saturated rings. The van der Waals surface area contributed by atoms with Gasteiger partial charge in [0.1, 0.15) is 0 Å². The molecule has 0 saturated carbocycles. The molecule has 1 aromatic carbocycles. The van der Waals surface area contributed by atoms with Gasteiger partial charge in [-0.25, -0.2) is 0 Å². The molecular weight excluding hydrogens is 240 g/mol. The highest BCUT2D eigenvalue weighted by atomic mass is 79.9. The summed E-state index contributed by atoms with van der Waals surface area (Å²) in [5.74, 6) is 0. The van der Waals surface area contributed by atoms with Crippen LogP contribution in [0.3, 0.4) is 0 Å². The van der Waals surface area contributed by atoms with E-state index in [-0.39, 0.29) is 5.60 Å². The van der Waals surface area contributed by atoms with Gasteiger partial charge >= 0.3 is 0 Å². The highest BCUT2D eigenvalue weighted by Crippen LogP contribution is 2.12. The van der Waals surface area contributed by atoms with Gasteiger partial charge in [-0.05, 0) is 25.8 Å². The molecule has 0 radical (unpaired) electrons. The molecule has 0 heterocycles. The van der Waals surface area contributed by atoms with Crippen molar-refractivity contribution in [2.75, 3.05) is 11.9 Å². The minimum Gasteiger partial charge on any atom is -0.374 e. The zero-order chi connectivity index (χ0) is 10.4. The van der Waals surface area contributed by atoms with Crippen molar-refractivity contribution < 1.29 is 4.74 Å². The lowest BCUT2D eigenvalue weighted by molar-refractivity contribution is 0.00372. The van der Waals surface area contributed by atoms with Crippen LogP contribution in [0.1, 0.15) is 19.4 Å².